The zero-order chi connectivity index (χ0) is 17.8. The van der Waals surface area contributed by atoms with Crippen molar-refractivity contribution >= 4 is 17.2 Å². The monoisotopic (exact) mass is 356 g/mol. The van der Waals surface area contributed by atoms with Crippen LogP contribution in [0.1, 0.15) is 34.8 Å². The molecule has 0 bridgehead atoms. The molecule has 1 amide bonds. The minimum atomic E-state index is -0.0831. The van der Waals surface area contributed by atoms with Crippen LogP contribution in [0.3, 0.4) is 0 Å². The maximum atomic E-state index is 11.6. The Hall–Kier alpha value is -2.51. The van der Waals surface area contributed by atoms with E-state index in [1.165, 1.54) is 0 Å². The van der Waals surface area contributed by atoms with Crippen LogP contribution in [-0.4, -0.2) is 35.1 Å². The molecule has 2 heterocycles. The quantitative estimate of drug-likeness (QED) is 0.733. The van der Waals surface area contributed by atoms with Gasteiger partial charge >= 0.3 is 0 Å². The molecule has 2 aromatic heterocycles. The minimum absolute atomic E-state index is 0.0140. The van der Waals surface area contributed by atoms with Crippen molar-refractivity contribution in [1.29, 1.82) is 0 Å². The van der Waals surface area contributed by atoms with Crippen LogP contribution in [0.15, 0.2) is 46.2 Å². The first kappa shape index (κ1) is 17.3. The van der Waals surface area contributed by atoms with Gasteiger partial charge in [-0.2, -0.15) is 0 Å². The summed E-state index contributed by atoms with van der Waals surface area (Å²) in [4.78, 5) is 14.7. The van der Waals surface area contributed by atoms with E-state index in [2.05, 4.69) is 20.4 Å². The van der Waals surface area contributed by atoms with Gasteiger partial charge in [0.2, 0.25) is 5.89 Å². The van der Waals surface area contributed by atoms with E-state index in [-0.39, 0.29) is 11.9 Å². The van der Waals surface area contributed by atoms with Crippen molar-refractivity contribution in [3.63, 3.8) is 0 Å². The number of benzene rings is 1. The fraction of sp³-hybridized carbons (Fsp3) is 0.278. The third-order valence-electron chi connectivity index (χ3n) is 4.07. The molecule has 3 aromatic rings. The average Bonchev–Trinajstić information content (AvgIpc) is 3.32. The molecule has 1 atom stereocenters. The van der Waals surface area contributed by atoms with Crippen LogP contribution in [0.2, 0.25) is 0 Å². The predicted molar refractivity (Wildman–Crippen MR) is 97.3 cm³/mol. The summed E-state index contributed by atoms with van der Waals surface area (Å²) in [6, 6.07) is 11.5. The summed E-state index contributed by atoms with van der Waals surface area (Å²) in [5, 5.41) is 12.9. The molecular weight excluding hydrogens is 336 g/mol. The Labute approximate surface area is 150 Å². The molecule has 1 aromatic carbocycles. The van der Waals surface area contributed by atoms with Crippen LogP contribution >= 0.6 is 11.3 Å². The van der Waals surface area contributed by atoms with Crippen LogP contribution in [0, 0.1) is 0 Å². The van der Waals surface area contributed by atoms with Gasteiger partial charge in [0, 0.05) is 19.2 Å². The number of amides is 1. The molecule has 7 heteroatoms. The van der Waals surface area contributed by atoms with Crippen molar-refractivity contribution in [2.45, 2.75) is 19.5 Å². The van der Waals surface area contributed by atoms with Gasteiger partial charge in [-0.1, -0.05) is 18.2 Å². The van der Waals surface area contributed by atoms with E-state index in [4.69, 9.17) is 4.42 Å². The molecule has 1 N–H and O–H groups in total. The van der Waals surface area contributed by atoms with Crippen molar-refractivity contribution in [3.05, 3.63) is 58.8 Å². The number of carbonyl (C=O) groups is 1. The lowest BCUT2D eigenvalue weighted by atomic mass is 10.1. The smallest absolute Gasteiger partial charge is 0.257 e. The second kappa shape index (κ2) is 7.58. The van der Waals surface area contributed by atoms with Crippen molar-refractivity contribution < 1.29 is 9.21 Å². The molecule has 6 nitrogen and oxygen atoms in total. The van der Waals surface area contributed by atoms with Gasteiger partial charge in [0.05, 0.1) is 10.9 Å². The zero-order valence-corrected chi connectivity index (χ0v) is 15.2. The fourth-order valence-electron chi connectivity index (χ4n) is 2.42. The fourth-order valence-corrected chi connectivity index (χ4v) is 3.07. The maximum absolute atomic E-state index is 11.6. The first-order valence-electron chi connectivity index (χ1n) is 7.97. The Morgan fingerprint density at radius 1 is 1.28 bits per heavy atom. The van der Waals surface area contributed by atoms with Crippen LogP contribution in [0.25, 0.3) is 10.8 Å². The van der Waals surface area contributed by atoms with Crippen LogP contribution in [-0.2, 0) is 6.54 Å². The SMILES string of the molecule is CNC(=O)c1ccc(CN(C)[C@@H](C)c2nnc(-c3cccs3)o2)cc1. The Kier molecular flexibility index (Phi) is 5.25. The average molecular weight is 356 g/mol. The molecule has 0 spiro atoms. The first-order valence-corrected chi connectivity index (χ1v) is 8.85. The maximum Gasteiger partial charge on any atom is 0.257 e. The van der Waals surface area contributed by atoms with Gasteiger partial charge in [-0.3, -0.25) is 9.69 Å². The standard InChI is InChI=1S/C18H20N4O2S/c1-12(17-20-21-18(24-17)15-5-4-10-25-15)22(3)11-13-6-8-14(9-7-13)16(23)19-2/h4-10,12H,11H2,1-3H3,(H,19,23)/t12-/m0/s1. The molecule has 0 aliphatic carbocycles. The number of thiophene rings is 1. The number of nitrogens with one attached hydrogen (secondary N) is 1. The summed E-state index contributed by atoms with van der Waals surface area (Å²) in [5.74, 6) is 1.06. The van der Waals surface area contributed by atoms with E-state index in [9.17, 15) is 4.79 Å². The Morgan fingerprint density at radius 2 is 2.04 bits per heavy atom. The lowest BCUT2D eigenvalue weighted by molar-refractivity contribution is 0.0963. The molecule has 25 heavy (non-hydrogen) atoms. The highest BCUT2D eigenvalue weighted by Crippen LogP contribution is 2.26. The highest BCUT2D eigenvalue weighted by Gasteiger charge is 2.19. The van der Waals surface area contributed by atoms with Crippen molar-refractivity contribution in [2.24, 2.45) is 0 Å². The van der Waals surface area contributed by atoms with Crippen molar-refractivity contribution in [2.75, 3.05) is 14.1 Å². The summed E-state index contributed by atoms with van der Waals surface area (Å²) in [6.45, 7) is 2.75. The van der Waals surface area contributed by atoms with Crippen LogP contribution in [0.4, 0.5) is 0 Å². The zero-order valence-electron chi connectivity index (χ0n) is 14.4. The lowest BCUT2D eigenvalue weighted by Crippen LogP contribution is -2.22. The minimum Gasteiger partial charge on any atom is -0.418 e. The van der Waals surface area contributed by atoms with Crippen LogP contribution in [0.5, 0.6) is 0 Å². The number of aromatic nitrogens is 2. The Morgan fingerprint density at radius 3 is 2.68 bits per heavy atom. The summed E-state index contributed by atoms with van der Waals surface area (Å²) in [5.41, 5.74) is 1.76. The van der Waals surface area contributed by atoms with Gasteiger partial charge in [-0.15, -0.1) is 21.5 Å². The molecule has 0 fully saturated rings. The molecule has 0 unspecified atom stereocenters. The van der Waals surface area contributed by atoms with E-state index in [0.717, 1.165) is 10.4 Å². The largest absolute Gasteiger partial charge is 0.418 e. The molecule has 3 rings (SSSR count). The second-order valence-corrected chi connectivity index (χ2v) is 6.74. The third kappa shape index (κ3) is 3.94. The van der Waals surface area contributed by atoms with Gasteiger partial charge in [0.25, 0.3) is 11.8 Å². The lowest BCUT2D eigenvalue weighted by Gasteiger charge is -2.21. The van der Waals surface area contributed by atoms with E-state index >= 15 is 0 Å². The summed E-state index contributed by atoms with van der Waals surface area (Å²) in [7, 11) is 3.63. The molecule has 0 radical (unpaired) electrons. The molecule has 0 saturated carbocycles. The van der Waals surface area contributed by atoms with E-state index in [1.807, 2.05) is 55.7 Å². The van der Waals surface area contributed by atoms with Gasteiger partial charge in [0.15, 0.2) is 0 Å². The number of nitrogens with zero attached hydrogens (tertiary/aromatic N) is 3. The molecule has 0 saturated heterocycles. The number of carbonyl (C=O) groups excluding carboxylic acids is 1. The number of hydrogen-bond donors (Lipinski definition) is 1. The molecular formula is C18H20N4O2S. The summed E-state index contributed by atoms with van der Waals surface area (Å²) in [6.07, 6.45) is 0. The molecule has 0 aliphatic heterocycles. The van der Waals surface area contributed by atoms with Crippen molar-refractivity contribution in [1.82, 2.24) is 20.4 Å². The van der Waals surface area contributed by atoms with Gasteiger partial charge in [0.1, 0.15) is 0 Å². The van der Waals surface area contributed by atoms with Crippen molar-refractivity contribution in [3.8, 4) is 10.8 Å². The van der Waals surface area contributed by atoms with Crippen LogP contribution < -0.4 is 5.32 Å². The highest BCUT2D eigenvalue weighted by atomic mass is 32.1. The van der Waals surface area contributed by atoms with Gasteiger partial charge in [-0.05, 0) is 43.1 Å². The normalized spacial score (nSPS) is 12.3. The highest BCUT2D eigenvalue weighted by molar-refractivity contribution is 7.13. The van der Waals surface area contributed by atoms with E-state index in [0.29, 0.717) is 23.9 Å². The predicted octanol–water partition coefficient (Wildman–Crippen LogP) is 3.35. The summed E-state index contributed by atoms with van der Waals surface area (Å²) >= 11 is 1.58. The topological polar surface area (TPSA) is 71.3 Å². The number of rotatable bonds is 6. The second-order valence-electron chi connectivity index (χ2n) is 5.79. The Balaban J connectivity index is 1.66. The first-order chi connectivity index (χ1) is 12.1. The van der Waals surface area contributed by atoms with Gasteiger partial charge in [-0.25, -0.2) is 0 Å². The number of hydrogen-bond acceptors (Lipinski definition) is 6. The molecule has 0 aliphatic rings. The third-order valence-corrected chi connectivity index (χ3v) is 4.92. The van der Waals surface area contributed by atoms with E-state index < -0.39 is 0 Å². The van der Waals surface area contributed by atoms with E-state index in [1.54, 1.807) is 18.4 Å². The summed E-state index contributed by atoms with van der Waals surface area (Å²) < 4.78 is 5.81. The van der Waals surface area contributed by atoms with Gasteiger partial charge < -0.3 is 9.73 Å². The molecule has 130 valence electrons. The Bertz CT molecular complexity index is 827.